The second kappa shape index (κ2) is 7.31. The first-order valence-electron chi connectivity index (χ1n) is 10.3. The van der Waals surface area contributed by atoms with Gasteiger partial charge < -0.3 is 15.1 Å². The molecule has 5 rings (SSSR count). The van der Waals surface area contributed by atoms with E-state index in [2.05, 4.69) is 49.0 Å². The van der Waals surface area contributed by atoms with E-state index < -0.39 is 5.97 Å². The standard InChI is InChI=1S/C22H27N5O2/c28-21(29)18-13-27(14-20-24-7-8-25-20)15-22(18)4-9-26(10-5-22)12-16-1-2-19-17(11-16)3-6-23-19/h1-3,6-8,11,18,23H,4-5,9-10,12-15H2,(H,24,25)(H,28,29). The Hall–Kier alpha value is -2.64. The number of benzene rings is 1. The molecule has 1 spiro atoms. The van der Waals surface area contributed by atoms with Crippen molar-refractivity contribution in [2.24, 2.45) is 11.3 Å². The van der Waals surface area contributed by atoms with E-state index in [1.165, 1.54) is 16.5 Å². The van der Waals surface area contributed by atoms with Crippen molar-refractivity contribution >= 4 is 16.9 Å². The van der Waals surface area contributed by atoms with Gasteiger partial charge in [-0.25, -0.2) is 4.98 Å². The van der Waals surface area contributed by atoms with Crippen LogP contribution >= 0.6 is 0 Å². The smallest absolute Gasteiger partial charge is 0.308 e. The van der Waals surface area contributed by atoms with Crippen LogP contribution < -0.4 is 0 Å². The van der Waals surface area contributed by atoms with Crippen molar-refractivity contribution in [3.63, 3.8) is 0 Å². The van der Waals surface area contributed by atoms with E-state index in [1.54, 1.807) is 6.20 Å². The first-order chi connectivity index (χ1) is 14.1. The highest BCUT2D eigenvalue weighted by Gasteiger charge is 2.51. The van der Waals surface area contributed by atoms with Crippen LogP contribution in [-0.4, -0.2) is 62.0 Å². The number of aliphatic carboxylic acids is 1. The maximum atomic E-state index is 12.0. The van der Waals surface area contributed by atoms with Crippen LogP contribution in [0.1, 0.15) is 24.2 Å². The molecule has 3 aromatic rings. The summed E-state index contributed by atoms with van der Waals surface area (Å²) in [6, 6.07) is 8.68. The first kappa shape index (κ1) is 18.4. The molecule has 0 aliphatic carbocycles. The molecule has 152 valence electrons. The fourth-order valence-electron chi connectivity index (χ4n) is 5.25. The summed E-state index contributed by atoms with van der Waals surface area (Å²) >= 11 is 0. The summed E-state index contributed by atoms with van der Waals surface area (Å²) in [5.41, 5.74) is 2.35. The second-order valence-corrected chi connectivity index (χ2v) is 8.63. The molecular weight excluding hydrogens is 366 g/mol. The van der Waals surface area contributed by atoms with Crippen LogP contribution in [-0.2, 0) is 17.9 Å². The molecule has 2 aromatic heterocycles. The minimum Gasteiger partial charge on any atom is -0.481 e. The Bertz CT molecular complexity index is 988. The molecule has 2 aliphatic heterocycles. The molecule has 7 nitrogen and oxygen atoms in total. The predicted octanol–water partition coefficient (Wildman–Crippen LogP) is 2.69. The van der Waals surface area contributed by atoms with Crippen molar-refractivity contribution in [2.45, 2.75) is 25.9 Å². The molecular formula is C22H27N5O2. The molecule has 0 bridgehead atoms. The van der Waals surface area contributed by atoms with Crippen LogP contribution in [0, 0.1) is 11.3 Å². The van der Waals surface area contributed by atoms with E-state index >= 15 is 0 Å². The average Bonchev–Trinajstić information content (AvgIpc) is 3.44. The Morgan fingerprint density at radius 2 is 2.00 bits per heavy atom. The van der Waals surface area contributed by atoms with Gasteiger partial charge in [0.2, 0.25) is 0 Å². The number of hydrogen-bond acceptors (Lipinski definition) is 4. The number of fused-ring (bicyclic) bond motifs is 1. The highest BCUT2D eigenvalue weighted by Crippen LogP contribution is 2.45. The largest absolute Gasteiger partial charge is 0.481 e. The van der Waals surface area contributed by atoms with Crippen LogP contribution in [0.15, 0.2) is 42.9 Å². The van der Waals surface area contributed by atoms with Crippen LogP contribution in [0.3, 0.4) is 0 Å². The number of carboxylic acid groups (broad SMARTS) is 1. The quantitative estimate of drug-likeness (QED) is 0.620. The van der Waals surface area contributed by atoms with Crippen molar-refractivity contribution in [2.75, 3.05) is 26.2 Å². The van der Waals surface area contributed by atoms with E-state index in [9.17, 15) is 9.90 Å². The van der Waals surface area contributed by atoms with Gasteiger partial charge in [-0.1, -0.05) is 6.07 Å². The summed E-state index contributed by atoms with van der Waals surface area (Å²) in [5.74, 6) is -0.0436. The minimum atomic E-state index is -0.654. The molecule has 1 aromatic carbocycles. The number of nitrogens with one attached hydrogen (secondary N) is 2. The van der Waals surface area contributed by atoms with Crippen LogP contribution in [0.4, 0.5) is 0 Å². The lowest BCUT2D eigenvalue weighted by molar-refractivity contribution is -0.146. The minimum absolute atomic E-state index is 0.125. The Morgan fingerprint density at radius 1 is 1.14 bits per heavy atom. The number of carboxylic acids is 1. The molecule has 7 heteroatoms. The van der Waals surface area contributed by atoms with E-state index in [-0.39, 0.29) is 11.3 Å². The lowest BCUT2D eigenvalue weighted by Crippen LogP contribution is -2.45. The summed E-state index contributed by atoms with van der Waals surface area (Å²) in [6.07, 6.45) is 7.41. The number of hydrogen-bond donors (Lipinski definition) is 3. The summed E-state index contributed by atoms with van der Waals surface area (Å²) in [5, 5.41) is 11.1. The normalized spacial score (nSPS) is 22.6. The molecule has 0 amide bonds. The number of nitrogens with zero attached hydrogens (tertiary/aromatic N) is 3. The van der Waals surface area contributed by atoms with E-state index in [4.69, 9.17) is 0 Å². The zero-order valence-electron chi connectivity index (χ0n) is 16.5. The van der Waals surface area contributed by atoms with Gasteiger partial charge >= 0.3 is 5.97 Å². The van der Waals surface area contributed by atoms with Crippen molar-refractivity contribution in [1.82, 2.24) is 24.8 Å². The monoisotopic (exact) mass is 393 g/mol. The third-order valence-corrected chi connectivity index (χ3v) is 6.82. The predicted molar refractivity (Wildman–Crippen MR) is 110 cm³/mol. The Balaban J connectivity index is 1.25. The summed E-state index contributed by atoms with van der Waals surface area (Å²) in [6.45, 7) is 4.96. The molecule has 4 heterocycles. The third kappa shape index (κ3) is 3.56. The fourth-order valence-corrected chi connectivity index (χ4v) is 5.25. The zero-order chi connectivity index (χ0) is 19.8. The summed E-state index contributed by atoms with van der Waals surface area (Å²) in [7, 11) is 0. The van der Waals surface area contributed by atoms with Gasteiger partial charge in [-0.2, -0.15) is 0 Å². The average molecular weight is 393 g/mol. The van der Waals surface area contributed by atoms with Gasteiger partial charge in [0, 0.05) is 49.2 Å². The van der Waals surface area contributed by atoms with Gasteiger partial charge in [-0.05, 0) is 55.1 Å². The Morgan fingerprint density at radius 3 is 2.76 bits per heavy atom. The topological polar surface area (TPSA) is 88.2 Å². The van der Waals surface area contributed by atoms with Crippen LogP contribution in [0.25, 0.3) is 10.9 Å². The number of piperidine rings is 1. The van der Waals surface area contributed by atoms with E-state index in [0.29, 0.717) is 13.1 Å². The number of likely N-dealkylation sites (tertiary alicyclic amines) is 2. The van der Waals surface area contributed by atoms with Gasteiger partial charge in [0.05, 0.1) is 12.5 Å². The molecule has 2 aliphatic rings. The van der Waals surface area contributed by atoms with Gasteiger partial charge in [0.15, 0.2) is 0 Å². The number of rotatable bonds is 5. The Kier molecular flexibility index (Phi) is 4.64. The van der Waals surface area contributed by atoms with Crippen molar-refractivity contribution in [3.05, 3.63) is 54.2 Å². The number of carbonyl (C=O) groups is 1. The van der Waals surface area contributed by atoms with Gasteiger partial charge in [-0.15, -0.1) is 0 Å². The van der Waals surface area contributed by atoms with E-state index in [0.717, 1.165) is 44.8 Å². The highest BCUT2D eigenvalue weighted by molar-refractivity contribution is 5.79. The molecule has 3 N–H and O–H groups in total. The summed E-state index contributed by atoms with van der Waals surface area (Å²) in [4.78, 5) is 27.4. The van der Waals surface area contributed by atoms with Crippen molar-refractivity contribution < 1.29 is 9.90 Å². The molecule has 0 saturated carbocycles. The second-order valence-electron chi connectivity index (χ2n) is 8.63. The molecule has 2 saturated heterocycles. The third-order valence-electron chi connectivity index (χ3n) is 6.82. The number of H-pyrrole nitrogens is 2. The number of aromatic amines is 2. The maximum Gasteiger partial charge on any atom is 0.308 e. The number of imidazole rings is 1. The lowest BCUT2D eigenvalue weighted by Gasteiger charge is -2.41. The molecule has 1 unspecified atom stereocenters. The van der Waals surface area contributed by atoms with Crippen LogP contribution in [0.2, 0.25) is 0 Å². The lowest BCUT2D eigenvalue weighted by atomic mass is 9.71. The molecule has 2 fully saturated rings. The van der Waals surface area contributed by atoms with Crippen molar-refractivity contribution in [3.8, 4) is 0 Å². The highest BCUT2D eigenvalue weighted by atomic mass is 16.4. The zero-order valence-corrected chi connectivity index (χ0v) is 16.5. The first-order valence-corrected chi connectivity index (χ1v) is 10.3. The van der Waals surface area contributed by atoms with Crippen LogP contribution in [0.5, 0.6) is 0 Å². The molecule has 1 atom stereocenters. The van der Waals surface area contributed by atoms with Crippen molar-refractivity contribution in [1.29, 1.82) is 0 Å². The van der Waals surface area contributed by atoms with Gasteiger partial charge in [0.25, 0.3) is 0 Å². The Labute approximate surface area is 169 Å². The van der Waals surface area contributed by atoms with Gasteiger partial charge in [-0.3, -0.25) is 14.6 Å². The molecule has 0 radical (unpaired) electrons. The van der Waals surface area contributed by atoms with Gasteiger partial charge in [0.1, 0.15) is 5.82 Å². The maximum absolute atomic E-state index is 12.0. The SMILES string of the molecule is O=C(O)C1CN(Cc2ncc[nH]2)CC12CCN(Cc1ccc3[nH]ccc3c1)CC2. The van der Waals surface area contributed by atoms with E-state index in [1.807, 2.05) is 12.4 Å². The fraction of sp³-hybridized carbons (Fsp3) is 0.455. The number of aromatic nitrogens is 3. The molecule has 29 heavy (non-hydrogen) atoms. The summed E-state index contributed by atoms with van der Waals surface area (Å²) < 4.78 is 0.